The van der Waals surface area contributed by atoms with E-state index >= 15 is 0 Å². The molecule has 5 heteroatoms. The highest BCUT2D eigenvalue weighted by molar-refractivity contribution is 5.74. The van der Waals surface area contributed by atoms with Crippen molar-refractivity contribution in [1.82, 2.24) is 10.6 Å². The van der Waals surface area contributed by atoms with Gasteiger partial charge in [-0.1, -0.05) is 17.7 Å². The van der Waals surface area contributed by atoms with Crippen LogP contribution in [0.5, 0.6) is 5.75 Å². The molecule has 0 aliphatic rings. The van der Waals surface area contributed by atoms with E-state index in [1.807, 2.05) is 32.0 Å². The highest BCUT2D eigenvalue weighted by Crippen LogP contribution is 2.25. The van der Waals surface area contributed by atoms with Crippen molar-refractivity contribution < 1.29 is 14.3 Å². The van der Waals surface area contributed by atoms with E-state index in [-0.39, 0.29) is 12.1 Å². The Morgan fingerprint density at radius 2 is 2.11 bits per heavy atom. The molecule has 0 saturated carbocycles. The quantitative estimate of drug-likeness (QED) is 0.774. The Morgan fingerprint density at radius 3 is 2.74 bits per heavy atom. The SMILES string of the molecule is COCCNC(=O)NC(C)c1cc(C)ccc1OC. The molecule has 5 nitrogen and oxygen atoms in total. The Bertz CT molecular complexity index is 421. The molecule has 1 unspecified atom stereocenters. The highest BCUT2D eigenvalue weighted by Gasteiger charge is 2.13. The van der Waals surface area contributed by atoms with Gasteiger partial charge in [0.1, 0.15) is 5.75 Å². The molecule has 1 rings (SSSR count). The van der Waals surface area contributed by atoms with E-state index < -0.39 is 0 Å². The molecule has 106 valence electrons. The van der Waals surface area contributed by atoms with Crippen LogP contribution in [0.25, 0.3) is 0 Å². The number of carbonyl (C=O) groups is 1. The number of aryl methyl sites for hydroxylation is 1. The van der Waals surface area contributed by atoms with E-state index in [1.54, 1.807) is 14.2 Å². The molecule has 0 saturated heterocycles. The molecule has 0 bridgehead atoms. The van der Waals surface area contributed by atoms with Crippen LogP contribution >= 0.6 is 0 Å². The minimum Gasteiger partial charge on any atom is -0.496 e. The number of ether oxygens (including phenoxy) is 2. The fourth-order valence-electron chi connectivity index (χ4n) is 1.78. The first-order chi connectivity index (χ1) is 9.08. The Hall–Kier alpha value is -1.75. The first kappa shape index (κ1) is 15.3. The summed E-state index contributed by atoms with van der Waals surface area (Å²) < 4.78 is 10.2. The van der Waals surface area contributed by atoms with Gasteiger partial charge in [0, 0.05) is 19.2 Å². The van der Waals surface area contributed by atoms with E-state index in [4.69, 9.17) is 9.47 Å². The van der Waals surface area contributed by atoms with E-state index in [0.29, 0.717) is 13.2 Å². The van der Waals surface area contributed by atoms with E-state index in [1.165, 1.54) is 0 Å². The lowest BCUT2D eigenvalue weighted by Gasteiger charge is -2.18. The predicted octanol–water partition coefficient (Wildman–Crippen LogP) is 2.01. The highest BCUT2D eigenvalue weighted by atomic mass is 16.5. The molecular formula is C14H22N2O3. The lowest BCUT2D eigenvalue weighted by Crippen LogP contribution is -2.38. The Morgan fingerprint density at radius 1 is 1.37 bits per heavy atom. The van der Waals surface area contributed by atoms with Gasteiger partial charge in [0.05, 0.1) is 19.8 Å². The van der Waals surface area contributed by atoms with Crippen LogP contribution in [0, 0.1) is 6.92 Å². The number of carbonyl (C=O) groups excluding carboxylic acids is 1. The van der Waals surface area contributed by atoms with Crippen LogP contribution < -0.4 is 15.4 Å². The lowest BCUT2D eigenvalue weighted by atomic mass is 10.0. The summed E-state index contributed by atoms with van der Waals surface area (Å²) in [5, 5.41) is 5.59. The fourth-order valence-corrected chi connectivity index (χ4v) is 1.78. The molecule has 0 heterocycles. The monoisotopic (exact) mass is 266 g/mol. The second-order valence-electron chi connectivity index (χ2n) is 4.36. The smallest absolute Gasteiger partial charge is 0.315 e. The number of benzene rings is 1. The molecule has 0 spiro atoms. The van der Waals surface area contributed by atoms with Gasteiger partial charge in [0.15, 0.2) is 0 Å². The number of methoxy groups -OCH3 is 2. The molecule has 1 atom stereocenters. The van der Waals surface area contributed by atoms with Gasteiger partial charge in [-0.05, 0) is 19.9 Å². The van der Waals surface area contributed by atoms with E-state index in [0.717, 1.165) is 16.9 Å². The summed E-state index contributed by atoms with van der Waals surface area (Å²) in [4.78, 5) is 11.7. The molecule has 1 aromatic carbocycles. The van der Waals surface area contributed by atoms with Gasteiger partial charge >= 0.3 is 6.03 Å². The van der Waals surface area contributed by atoms with Gasteiger partial charge in [-0.15, -0.1) is 0 Å². The third-order valence-corrected chi connectivity index (χ3v) is 2.79. The largest absolute Gasteiger partial charge is 0.496 e. The van der Waals surface area contributed by atoms with Gasteiger partial charge in [-0.3, -0.25) is 0 Å². The summed E-state index contributed by atoms with van der Waals surface area (Å²) in [7, 11) is 3.22. The number of amides is 2. The van der Waals surface area contributed by atoms with Crippen molar-refractivity contribution in [2.75, 3.05) is 27.4 Å². The first-order valence-corrected chi connectivity index (χ1v) is 6.26. The zero-order valence-electron chi connectivity index (χ0n) is 11.9. The van der Waals surface area contributed by atoms with Crippen LogP contribution in [0.15, 0.2) is 18.2 Å². The molecular weight excluding hydrogens is 244 g/mol. The molecule has 19 heavy (non-hydrogen) atoms. The van der Waals surface area contributed by atoms with Crippen molar-refractivity contribution in [2.45, 2.75) is 19.9 Å². The number of nitrogens with one attached hydrogen (secondary N) is 2. The van der Waals surface area contributed by atoms with Gasteiger partial charge in [0.2, 0.25) is 0 Å². The molecule has 0 aliphatic heterocycles. The average molecular weight is 266 g/mol. The molecule has 0 radical (unpaired) electrons. The van der Waals surface area contributed by atoms with Crippen LogP contribution in [0.2, 0.25) is 0 Å². The van der Waals surface area contributed by atoms with Gasteiger partial charge < -0.3 is 20.1 Å². The Kier molecular flexibility index (Phi) is 6.15. The van der Waals surface area contributed by atoms with Crippen LogP contribution in [0.4, 0.5) is 4.79 Å². The molecule has 2 amide bonds. The topological polar surface area (TPSA) is 59.6 Å². The normalized spacial score (nSPS) is 11.8. The average Bonchev–Trinajstić information content (AvgIpc) is 2.39. The Balaban J connectivity index is 2.64. The van der Waals surface area contributed by atoms with E-state index in [9.17, 15) is 4.79 Å². The molecule has 0 aliphatic carbocycles. The maximum absolute atomic E-state index is 11.7. The number of hydrogen-bond acceptors (Lipinski definition) is 3. The van der Waals surface area contributed by atoms with Crippen molar-refractivity contribution >= 4 is 6.03 Å². The standard InChI is InChI=1S/C14H22N2O3/c1-10-5-6-13(19-4)12(9-10)11(2)16-14(17)15-7-8-18-3/h5-6,9,11H,7-8H2,1-4H3,(H2,15,16,17). The predicted molar refractivity (Wildman–Crippen MR) is 74.6 cm³/mol. The van der Waals surface area contributed by atoms with Gasteiger partial charge in [-0.25, -0.2) is 4.79 Å². The van der Waals surface area contributed by atoms with Gasteiger partial charge in [-0.2, -0.15) is 0 Å². The van der Waals surface area contributed by atoms with E-state index in [2.05, 4.69) is 10.6 Å². The summed E-state index contributed by atoms with van der Waals surface area (Å²) in [5.74, 6) is 0.773. The van der Waals surface area contributed by atoms with Crippen molar-refractivity contribution in [3.8, 4) is 5.75 Å². The fraction of sp³-hybridized carbons (Fsp3) is 0.500. The third-order valence-electron chi connectivity index (χ3n) is 2.79. The molecule has 1 aromatic rings. The first-order valence-electron chi connectivity index (χ1n) is 6.26. The number of hydrogen-bond donors (Lipinski definition) is 2. The Labute approximate surface area is 114 Å². The van der Waals surface area contributed by atoms with Crippen LogP contribution in [0.1, 0.15) is 24.1 Å². The summed E-state index contributed by atoms with van der Waals surface area (Å²) in [6.07, 6.45) is 0. The minimum absolute atomic E-state index is 0.127. The van der Waals surface area contributed by atoms with Crippen molar-refractivity contribution in [3.05, 3.63) is 29.3 Å². The summed E-state index contributed by atoms with van der Waals surface area (Å²) >= 11 is 0. The minimum atomic E-state index is -0.215. The summed E-state index contributed by atoms with van der Waals surface area (Å²) in [6, 6.07) is 5.56. The van der Waals surface area contributed by atoms with Gasteiger partial charge in [0.25, 0.3) is 0 Å². The van der Waals surface area contributed by atoms with Crippen LogP contribution in [0.3, 0.4) is 0 Å². The third kappa shape index (κ3) is 4.79. The maximum Gasteiger partial charge on any atom is 0.315 e. The second kappa shape index (κ2) is 7.63. The molecule has 0 fully saturated rings. The zero-order valence-corrected chi connectivity index (χ0v) is 11.9. The number of rotatable bonds is 6. The van der Waals surface area contributed by atoms with Crippen LogP contribution in [-0.2, 0) is 4.74 Å². The molecule has 2 N–H and O–H groups in total. The summed E-state index contributed by atoms with van der Waals surface area (Å²) in [5.41, 5.74) is 2.09. The van der Waals surface area contributed by atoms with Crippen molar-refractivity contribution in [2.24, 2.45) is 0 Å². The zero-order chi connectivity index (χ0) is 14.3. The number of urea groups is 1. The van der Waals surface area contributed by atoms with Crippen molar-refractivity contribution in [3.63, 3.8) is 0 Å². The lowest BCUT2D eigenvalue weighted by molar-refractivity contribution is 0.195. The molecule has 0 aromatic heterocycles. The van der Waals surface area contributed by atoms with Crippen LogP contribution in [-0.4, -0.2) is 33.4 Å². The summed E-state index contributed by atoms with van der Waals surface area (Å²) in [6.45, 7) is 4.91. The second-order valence-corrected chi connectivity index (χ2v) is 4.36. The van der Waals surface area contributed by atoms with Crippen molar-refractivity contribution in [1.29, 1.82) is 0 Å². The maximum atomic E-state index is 11.7.